The maximum Gasteiger partial charge on any atom is 0.245 e. The zero-order valence-electron chi connectivity index (χ0n) is 10.4. The summed E-state index contributed by atoms with van der Waals surface area (Å²) in [5.74, 6) is -1.55. The van der Waals surface area contributed by atoms with E-state index in [0.717, 1.165) is 18.2 Å². The van der Waals surface area contributed by atoms with Gasteiger partial charge >= 0.3 is 0 Å². The highest BCUT2D eigenvalue weighted by molar-refractivity contribution is 14.0. The van der Waals surface area contributed by atoms with Crippen LogP contribution in [0.25, 0.3) is 0 Å². The van der Waals surface area contributed by atoms with Crippen LogP contribution in [0.3, 0.4) is 0 Å². The lowest BCUT2D eigenvalue weighted by atomic mass is 10.1. The largest absolute Gasteiger partial charge is 0.370 e. The van der Waals surface area contributed by atoms with E-state index < -0.39 is 23.5 Å². The Labute approximate surface area is 130 Å². The van der Waals surface area contributed by atoms with Crippen LogP contribution in [-0.2, 0) is 0 Å². The monoisotopic (exact) mass is 403 g/mol. The van der Waals surface area contributed by atoms with Gasteiger partial charge in [-0.3, -0.25) is 4.99 Å². The molecule has 112 valence electrons. The number of guanidine groups is 1. The lowest BCUT2D eigenvalue weighted by Crippen LogP contribution is -2.26. The fraction of sp³-hybridized carbons (Fsp3) is 0.417. The zero-order valence-corrected chi connectivity index (χ0v) is 12.7. The Morgan fingerprint density at radius 1 is 1.35 bits per heavy atom. The van der Waals surface area contributed by atoms with E-state index in [2.05, 4.69) is 10.3 Å². The van der Waals surface area contributed by atoms with E-state index in [4.69, 9.17) is 5.73 Å². The Balaban J connectivity index is 0.00000200. The molecule has 2 rings (SSSR count). The molecule has 0 atom stereocenters. The predicted molar refractivity (Wildman–Crippen MR) is 79.6 cm³/mol. The van der Waals surface area contributed by atoms with Gasteiger partial charge in [0.25, 0.3) is 0 Å². The quantitative estimate of drug-likeness (QED) is 0.351. The predicted octanol–water partition coefficient (Wildman–Crippen LogP) is 3.35. The SMILES string of the molecule is I.NC(=NCC1(C(F)F)CC1)Nc1cc(F)ccc1F. The summed E-state index contributed by atoms with van der Waals surface area (Å²) in [7, 11) is 0. The third kappa shape index (κ3) is 3.97. The third-order valence-electron chi connectivity index (χ3n) is 3.11. The summed E-state index contributed by atoms with van der Waals surface area (Å²) in [4.78, 5) is 3.76. The van der Waals surface area contributed by atoms with Crippen LogP contribution in [0, 0.1) is 17.0 Å². The van der Waals surface area contributed by atoms with Crippen molar-refractivity contribution >= 4 is 35.6 Å². The highest BCUT2D eigenvalue weighted by atomic mass is 127. The maximum absolute atomic E-state index is 13.3. The van der Waals surface area contributed by atoms with Gasteiger partial charge in [0.05, 0.1) is 17.6 Å². The molecule has 0 aliphatic heterocycles. The van der Waals surface area contributed by atoms with Crippen LogP contribution in [0.2, 0.25) is 0 Å². The summed E-state index contributed by atoms with van der Waals surface area (Å²) >= 11 is 0. The lowest BCUT2D eigenvalue weighted by Gasteiger charge is -2.12. The summed E-state index contributed by atoms with van der Waals surface area (Å²) in [6.07, 6.45) is -1.65. The Kier molecular flexibility index (Phi) is 5.60. The fourth-order valence-electron chi connectivity index (χ4n) is 1.62. The van der Waals surface area contributed by atoms with Crippen molar-refractivity contribution in [1.82, 2.24) is 0 Å². The summed E-state index contributed by atoms with van der Waals surface area (Å²) in [5.41, 5.74) is 4.20. The molecule has 20 heavy (non-hydrogen) atoms. The summed E-state index contributed by atoms with van der Waals surface area (Å²) in [6.45, 7) is -0.125. The van der Waals surface area contributed by atoms with Gasteiger partial charge in [-0.05, 0) is 25.0 Å². The molecule has 8 heteroatoms. The summed E-state index contributed by atoms with van der Waals surface area (Å²) in [5, 5.41) is 2.36. The molecule has 0 bridgehead atoms. The molecule has 1 aliphatic carbocycles. The number of alkyl halides is 2. The van der Waals surface area contributed by atoms with Crippen molar-refractivity contribution < 1.29 is 17.6 Å². The molecular weight excluding hydrogens is 389 g/mol. The second-order valence-corrected chi connectivity index (χ2v) is 4.61. The molecule has 0 heterocycles. The number of nitrogens with two attached hydrogens (primary N) is 1. The number of hydrogen-bond donors (Lipinski definition) is 2. The maximum atomic E-state index is 13.3. The first-order valence-corrected chi connectivity index (χ1v) is 5.73. The smallest absolute Gasteiger partial charge is 0.245 e. The number of benzene rings is 1. The molecule has 1 fully saturated rings. The van der Waals surface area contributed by atoms with Crippen LogP contribution in [0.1, 0.15) is 12.8 Å². The van der Waals surface area contributed by atoms with Crippen molar-refractivity contribution in [3.05, 3.63) is 29.8 Å². The normalized spacial score (nSPS) is 16.8. The molecule has 0 radical (unpaired) electrons. The van der Waals surface area contributed by atoms with E-state index in [1.165, 1.54) is 0 Å². The average Bonchev–Trinajstić information content (AvgIpc) is 3.12. The number of aliphatic imine (C=N–C) groups is 1. The highest BCUT2D eigenvalue weighted by Gasteiger charge is 2.50. The minimum absolute atomic E-state index is 0. The molecule has 3 N–H and O–H groups in total. The van der Waals surface area contributed by atoms with Crippen molar-refractivity contribution in [1.29, 1.82) is 0 Å². The molecule has 1 aliphatic rings. The molecular formula is C12H14F4IN3. The third-order valence-corrected chi connectivity index (χ3v) is 3.11. The molecule has 0 saturated heterocycles. The van der Waals surface area contributed by atoms with E-state index in [1.54, 1.807) is 0 Å². The highest BCUT2D eigenvalue weighted by Crippen LogP contribution is 2.50. The number of nitrogens with one attached hydrogen (secondary N) is 1. The summed E-state index contributed by atoms with van der Waals surface area (Å²) < 4.78 is 51.4. The Morgan fingerprint density at radius 3 is 2.55 bits per heavy atom. The molecule has 1 aromatic carbocycles. The van der Waals surface area contributed by atoms with Gasteiger partial charge in [-0.15, -0.1) is 24.0 Å². The van der Waals surface area contributed by atoms with E-state index in [1.807, 2.05) is 0 Å². The van der Waals surface area contributed by atoms with Gasteiger partial charge in [-0.2, -0.15) is 0 Å². The topological polar surface area (TPSA) is 50.4 Å². The van der Waals surface area contributed by atoms with Gasteiger partial charge in [0.15, 0.2) is 5.96 Å². The number of anilines is 1. The van der Waals surface area contributed by atoms with Crippen LogP contribution in [0.4, 0.5) is 23.2 Å². The number of nitrogens with zero attached hydrogens (tertiary/aromatic N) is 1. The van der Waals surface area contributed by atoms with E-state index >= 15 is 0 Å². The first-order chi connectivity index (χ1) is 8.93. The van der Waals surface area contributed by atoms with Crippen molar-refractivity contribution in [2.75, 3.05) is 11.9 Å². The Morgan fingerprint density at radius 2 is 2.00 bits per heavy atom. The van der Waals surface area contributed by atoms with Crippen LogP contribution < -0.4 is 11.1 Å². The minimum Gasteiger partial charge on any atom is -0.370 e. The molecule has 1 saturated carbocycles. The van der Waals surface area contributed by atoms with Crippen LogP contribution in [-0.4, -0.2) is 18.9 Å². The van der Waals surface area contributed by atoms with Crippen LogP contribution >= 0.6 is 24.0 Å². The van der Waals surface area contributed by atoms with Gasteiger partial charge in [-0.25, -0.2) is 17.6 Å². The van der Waals surface area contributed by atoms with Gasteiger partial charge in [0, 0.05) is 6.07 Å². The number of hydrogen-bond acceptors (Lipinski definition) is 1. The van der Waals surface area contributed by atoms with Crippen molar-refractivity contribution in [3.63, 3.8) is 0 Å². The zero-order chi connectivity index (χ0) is 14.0. The second-order valence-electron chi connectivity index (χ2n) is 4.61. The minimum atomic E-state index is -2.45. The molecule has 0 amide bonds. The first kappa shape index (κ1) is 17.0. The van der Waals surface area contributed by atoms with E-state index in [0.29, 0.717) is 12.8 Å². The average molecular weight is 403 g/mol. The first-order valence-electron chi connectivity index (χ1n) is 5.73. The molecule has 0 aromatic heterocycles. The van der Waals surface area contributed by atoms with Crippen molar-refractivity contribution in [2.24, 2.45) is 16.1 Å². The molecule has 0 spiro atoms. The van der Waals surface area contributed by atoms with Gasteiger partial charge in [-0.1, -0.05) is 0 Å². The second kappa shape index (κ2) is 6.59. The number of rotatable bonds is 4. The molecule has 0 unspecified atom stereocenters. The van der Waals surface area contributed by atoms with Crippen molar-refractivity contribution in [2.45, 2.75) is 19.3 Å². The van der Waals surface area contributed by atoms with E-state index in [-0.39, 0.29) is 42.2 Å². The molecule has 1 aromatic rings. The fourth-order valence-corrected chi connectivity index (χ4v) is 1.62. The van der Waals surface area contributed by atoms with Crippen molar-refractivity contribution in [3.8, 4) is 0 Å². The van der Waals surface area contributed by atoms with Crippen LogP contribution in [0.5, 0.6) is 0 Å². The Hall–Kier alpha value is -1.06. The van der Waals surface area contributed by atoms with Crippen LogP contribution in [0.15, 0.2) is 23.2 Å². The van der Waals surface area contributed by atoms with Gasteiger partial charge in [0.1, 0.15) is 11.6 Å². The van der Waals surface area contributed by atoms with Gasteiger partial charge in [0.2, 0.25) is 6.43 Å². The Bertz CT molecular complexity index is 503. The number of halogens is 5. The molecule has 3 nitrogen and oxygen atoms in total. The summed E-state index contributed by atoms with van der Waals surface area (Å²) in [6, 6.07) is 2.81. The lowest BCUT2D eigenvalue weighted by molar-refractivity contribution is 0.0667. The standard InChI is InChI=1S/C12H13F4N3.HI/c13-7-1-2-8(14)9(5-7)19-11(17)18-6-12(3-4-12)10(15)16;/h1-2,5,10H,3-4,6H2,(H3,17,18,19);1H. The van der Waals surface area contributed by atoms with Gasteiger partial charge < -0.3 is 11.1 Å². The van der Waals surface area contributed by atoms with E-state index in [9.17, 15) is 17.6 Å².